The number of pyridine rings is 1. The molecule has 0 aliphatic carbocycles. The van der Waals surface area contributed by atoms with Gasteiger partial charge in [-0.1, -0.05) is 32.0 Å². The Labute approximate surface area is 160 Å². The van der Waals surface area contributed by atoms with E-state index >= 15 is 0 Å². The number of carbonyl (C=O) groups is 2. The number of carbonyl (C=O) groups excluding carboxylic acids is 2. The Morgan fingerprint density at radius 1 is 1.00 bits per heavy atom. The van der Waals surface area contributed by atoms with Crippen LogP contribution < -0.4 is 5.32 Å². The molecule has 0 bridgehead atoms. The third kappa shape index (κ3) is 4.35. The number of likely N-dealkylation sites (tertiary alicyclic amines) is 1. The fourth-order valence-corrected chi connectivity index (χ4v) is 3.55. The van der Waals surface area contributed by atoms with Gasteiger partial charge in [-0.25, -0.2) is 0 Å². The predicted molar refractivity (Wildman–Crippen MR) is 107 cm³/mol. The van der Waals surface area contributed by atoms with Gasteiger partial charge in [0.2, 0.25) is 0 Å². The molecule has 1 saturated heterocycles. The van der Waals surface area contributed by atoms with Crippen LogP contribution in [0.3, 0.4) is 0 Å². The lowest BCUT2D eigenvalue weighted by atomic mass is 10.0. The highest BCUT2D eigenvalue weighted by molar-refractivity contribution is 6.06. The zero-order valence-electron chi connectivity index (χ0n) is 16.1. The van der Waals surface area contributed by atoms with Crippen molar-refractivity contribution in [3.63, 3.8) is 0 Å². The third-order valence-corrected chi connectivity index (χ3v) is 5.13. The molecule has 0 atom stereocenters. The van der Waals surface area contributed by atoms with Gasteiger partial charge in [0.1, 0.15) is 0 Å². The van der Waals surface area contributed by atoms with Crippen LogP contribution in [0.5, 0.6) is 0 Å². The van der Waals surface area contributed by atoms with Gasteiger partial charge in [0, 0.05) is 31.2 Å². The zero-order valence-corrected chi connectivity index (χ0v) is 16.1. The van der Waals surface area contributed by atoms with Crippen molar-refractivity contribution in [2.45, 2.75) is 46.0 Å². The lowest BCUT2D eigenvalue weighted by Gasteiger charge is -2.26. The second-order valence-corrected chi connectivity index (χ2v) is 6.93. The fourth-order valence-electron chi connectivity index (χ4n) is 3.55. The first-order valence-corrected chi connectivity index (χ1v) is 9.80. The van der Waals surface area contributed by atoms with Crippen LogP contribution in [0.1, 0.15) is 65.0 Å². The van der Waals surface area contributed by atoms with Gasteiger partial charge in [-0.05, 0) is 49.3 Å². The zero-order chi connectivity index (χ0) is 19.2. The molecule has 0 unspecified atom stereocenters. The number of hydrogen-bond donors (Lipinski definition) is 1. The van der Waals surface area contributed by atoms with Gasteiger partial charge in [0.25, 0.3) is 11.8 Å². The van der Waals surface area contributed by atoms with Crippen LogP contribution in [-0.4, -0.2) is 34.8 Å². The molecule has 142 valence electrons. The molecule has 1 fully saturated rings. The van der Waals surface area contributed by atoms with Crippen LogP contribution >= 0.6 is 0 Å². The molecule has 3 rings (SSSR count). The van der Waals surface area contributed by atoms with Gasteiger partial charge in [-0.2, -0.15) is 0 Å². The van der Waals surface area contributed by atoms with Gasteiger partial charge < -0.3 is 10.2 Å². The van der Waals surface area contributed by atoms with Crippen molar-refractivity contribution in [2.75, 3.05) is 18.4 Å². The van der Waals surface area contributed by atoms with Crippen LogP contribution in [-0.2, 0) is 12.8 Å². The second kappa shape index (κ2) is 8.80. The number of rotatable bonds is 5. The Balaban J connectivity index is 1.81. The minimum Gasteiger partial charge on any atom is -0.339 e. The molecule has 2 heterocycles. The highest BCUT2D eigenvalue weighted by atomic mass is 16.2. The standard InChI is InChI=1S/C22H27N3O2/c1-3-16-9-8-10-17(4-2)20(16)24-21(26)18-13-19(15-23-14-18)22(27)25-11-6-5-7-12-25/h8-10,13-15H,3-7,11-12H2,1-2H3,(H,24,26). The van der Waals surface area contributed by atoms with Gasteiger partial charge in [-0.3, -0.25) is 14.6 Å². The van der Waals surface area contributed by atoms with Crippen LogP contribution in [0, 0.1) is 0 Å². The van der Waals surface area contributed by atoms with Crippen molar-refractivity contribution in [1.29, 1.82) is 0 Å². The molecule has 0 saturated carbocycles. The number of para-hydroxylation sites is 1. The molecule has 27 heavy (non-hydrogen) atoms. The van der Waals surface area contributed by atoms with Crippen molar-refractivity contribution >= 4 is 17.5 Å². The van der Waals surface area contributed by atoms with Crippen molar-refractivity contribution < 1.29 is 9.59 Å². The molecule has 2 aromatic rings. The van der Waals surface area contributed by atoms with Gasteiger partial charge >= 0.3 is 0 Å². The molecule has 0 radical (unpaired) electrons. The molecule has 2 amide bonds. The minimum atomic E-state index is -0.230. The molecular formula is C22H27N3O2. The predicted octanol–water partition coefficient (Wildman–Crippen LogP) is 4.08. The summed E-state index contributed by atoms with van der Waals surface area (Å²) in [5, 5.41) is 3.04. The fraction of sp³-hybridized carbons (Fsp3) is 0.409. The van der Waals surface area contributed by atoms with E-state index in [2.05, 4.69) is 24.1 Å². The van der Waals surface area contributed by atoms with E-state index in [4.69, 9.17) is 0 Å². The molecule has 5 heteroatoms. The number of hydrogen-bond acceptors (Lipinski definition) is 3. The first-order chi connectivity index (χ1) is 13.1. The van der Waals surface area contributed by atoms with Crippen LogP contribution in [0.2, 0.25) is 0 Å². The van der Waals surface area contributed by atoms with Crippen LogP contribution in [0.25, 0.3) is 0 Å². The van der Waals surface area contributed by atoms with Crippen molar-refractivity contribution in [2.24, 2.45) is 0 Å². The van der Waals surface area contributed by atoms with Gasteiger partial charge in [-0.15, -0.1) is 0 Å². The summed E-state index contributed by atoms with van der Waals surface area (Å²) >= 11 is 0. The van der Waals surface area contributed by atoms with E-state index in [1.165, 1.54) is 12.6 Å². The summed E-state index contributed by atoms with van der Waals surface area (Å²) in [5.41, 5.74) is 3.97. The average molecular weight is 365 g/mol. The number of amides is 2. The number of piperidine rings is 1. The minimum absolute atomic E-state index is 0.0416. The first-order valence-electron chi connectivity index (χ1n) is 9.80. The maximum atomic E-state index is 12.8. The van der Waals surface area contributed by atoms with E-state index in [1.54, 1.807) is 12.3 Å². The molecule has 1 N–H and O–H groups in total. The van der Waals surface area contributed by atoms with Gasteiger partial charge in [0.05, 0.1) is 11.1 Å². The summed E-state index contributed by atoms with van der Waals surface area (Å²) < 4.78 is 0. The smallest absolute Gasteiger partial charge is 0.257 e. The van der Waals surface area contributed by atoms with E-state index in [-0.39, 0.29) is 11.8 Å². The average Bonchev–Trinajstić information content (AvgIpc) is 2.74. The maximum absolute atomic E-state index is 12.8. The molecule has 5 nitrogen and oxygen atoms in total. The number of aromatic nitrogens is 1. The van der Waals surface area contributed by atoms with E-state index in [1.807, 2.05) is 23.1 Å². The summed E-state index contributed by atoms with van der Waals surface area (Å²) in [5.74, 6) is -0.272. The monoisotopic (exact) mass is 365 g/mol. The maximum Gasteiger partial charge on any atom is 0.257 e. The number of nitrogens with one attached hydrogen (secondary N) is 1. The summed E-state index contributed by atoms with van der Waals surface area (Å²) in [7, 11) is 0. The lowest BCUT2D eigenvalue weighted by molar-refractivity contribution is 0.0724. The number of nitrogens with zero attached hydrogens (tertiary/aromatic N) is 2. The third-order valence-electron chi connectivity index (χ3n) is 5.13. The quantitative estimate of drug-likeness (QED) is 0.868. The Morgan fingerprint density at radius 2 is 1.63 bits per heavy atom. The second-order valence-electron chi connectivity index (χ2n) is 6.93. The van der Waals surface area contributed by atoms with E-state index in [0.29, 0.717) is 11.1 Å². The highest BCUT2D eigenvalue weighted by Gasteiger charge is 2.20. The number of aryl methyl sites for hydroxylation is 2. The van der Waals surface area contributed by atoms with E-state index in [9.17, 15) is 9.59 Å². The Kier molecular flexibility index (Phi) is 6.22. The first kappa shape index (κ1) is 19.1. The molecule has 1 aromatic heterocycles. The van der Waals surface area contributed by atoms with Gasteiger partial charge in [0.15, 0.2) is 0 Å². The summed E-state index contributed by atoms with van der Waals surface area (Å²) in [4.78, 5) is 31.5. The largest absolute Gasteiger partial charge is 0.339 e. The highest BCUT2D eigenvalue weighted by Crippen LogP contribution is 2.23. The topological polar surface area (TPSA) is 62.3 Å². The molecular weight excluding hydrogens is 338 g/mol. The van der Waals surface area contributed by atoms with Crippen LogP contribution in [0.15, 0.2) is 36.7 Å². The summed E-state index contributed by atoms with van der Waals surface area (Å²) in [6, 6.07) is 7.74. The molecule has 1 aliphatic rings. The summed E-state index contributed by atoms with van der Waals surface area (Å²) in [6.07, 6.45) is 7.99. The molecule has 1 aliphatic heterocycles. The number of anilines is 1. The van der Waals surface area contributed by atoms with E-state index < -0.39 is 0 Å². The lowest BCUT2D eigenvalue weighted by Crippen LogP contribution is -2.35. The van der Waals surface area contributed by atoms with Crippen molar-refractivity contribution in [3.8, 4) is 0 Å². The Morgan fingerprint density at radius 3 is 2.26 bits per heavy atom. The SMILES string of the molecule is CCc1cccc(CC)c1NC(=O)c1cncc(C(=O)N2CCCCC2)c1. The normalized spacial score (nSPS) is 14.1. The molecule has 0 spiro atoms. The van der Waals surface area contributed by atoms with Crippen molar-refractivity contribution in [3.05, 3.63) is 58.9 Å². The van der Waals surface area contributed by atoms with Crippen LogP contribution in [0.4, 0.5) is 5.69 Å². The number of benzene rings is 1. The van der Waals surface area contributed by atoms with Crippen molar-refractivity contribution in [1.82, 2.24) is 9.88 Å². The summed E-state index contributed by atoms with van der Waals surface area (Å²) in [6.45, 7) is 5.70. The van der Waals surface area contributed by atoms with E-state index in [0.717, 1.165) is 55.6 Å². The Hall–Kier alpha value is -2.69. The Bertz CT molecular complexity index is 804. The molecule has 1 aromatic carbocycles.